The molecule has 0 saturated heterocycles. The number of anilines is 1. The molecular formula is C17H11FN4O2. The molecule has 0 atom stereocenters. The minimum absolute atomic E-state index is 0.133. The predicted molar refractivity (Wildman–Crippen MR) is 85.0 cm³/mol. The molecule has 0 bridgehead atoms. The molecule has 0 aliphatic heterocycles. The first-order chi connectivity index (χ1) is 11.7. The van der Waals surface area contributed by atoms with Crippen LogP contribution in [0.25, 0.3) is 17.0 Å². The molecule has 118 valence electrons. The third kappa shape index (κ3) is 2.63. The fourth-order valence-electron chi connectivity index (χ4n) is 2.35. The summed E-state index contributed by atoms with van der Waals surface area (Å²) in [6, 6.07) is 11.5. The number of furan rings is 1. The van der Waals surface area contributed by atoms with Gasteiger partial charge in [0.15, 0.2) is 0 Å². The van der Waals surface area contributed by atoms with Crippen LogP contribution in [0.2, 0.25) is 0 Å². The number of hydrogen-bond acceptors (Lipinski definition) is 4. The van der Waals surface area contributed by atoms with Crippen LogP contribution in [0.5, 0.6) is 0 Å². The van der Waals surface area contributed by atoms with Crippen LogP contribution in [0.4, 0.5) is 10.2 Å². The first-order valence-electron chi connectivity index (χ1n) is 7.15. The molecule has 0 unspecified atom stereocenters. The van der Waals surface area contributed by atoms with Gasteiger partial charge in [-0.25, -0.2) is 9.97 Å². The molecule has 4 aromatic rings. The first-order valence-corrected chi connectivity index (χ1v) is 7.15. The minimum Gasteiger partial charge on any atom is -0.464 e. The van der Waals surface area contributed by atoms with E-state index in [1.807, 2.05) is 18.3 Å². The Morgan fingerprint density at radius 2 is 2.00 bits per heavy atom. The van der Waals surface area contributed by atoms with E-state index in [4.69, 9.17) is 4.42 Å². The molecule has 4 rings (SSSR count). The summed E-state index contributed by atoms with van der Waals surface area (Å²) in [5.41, 5.74) is 1.68. The Labute approximate surface area is 135 Å². The van der Waals surface area contributed by atoms with Crippen LogP contribution in [0.1, 0.15) is 10.5 Å². The molecular weight excluding hydrogens is 311 g/mol. The Balaban J connectivity index is 1.63. The van der Waals surface area contributed by atoms with Crippen molar-refractivity contribution in [2.45, 2.75) is 0 Å². The van der Waals surface area contributed by atoms with Gasteiger partial charge in [0, 0.05) is 18.0 Å². The maximum absolute atomic E-state index is 13.1. The summed E-state index contributed by atoms with van der Waals surface area (Å²) in [6.45, 7) is 0. The van der Waals surface area contributed by atoms with E-state index in [0.717, 1.165) is 11.3 Å². The van der Waals surface area contributed by atoms with Crippen molar-refractivity contribution in [3.63, 3.8) is 0 Å². The number of nitrogens with zero attached hydrogens (tertiary/aromatic N) is 3. The lowest BCUT2D eigenvalue weighted by Gasteiger charge is -2.01. The Bertz CT molecular complexity index is 1020. The monoisotopic (exact) mass is 322 g/mol. The minimum atomic E-state index is -0.661. The number of carbonyl (C=O) groups excluding carboxylic acids is 1. The van der Waals surface area contributed by atoms with E-state index in [-0.39, 0.29) is 11.5 Å². The molecule has 0 aliphatic rings. The molecule has 1 N–H and O–H groups in total. The van der Waals surface area contributed by atoms with E-state index >= 15 is 0 Å². The Morgan fingerprint density at radius 3 is 2.79 bits per heavy atom. The van der Waals surface area contributed by atoms with Crippen molar-refractivity contribution in [1.82, 2.24) is 14.4 Å². The highest BCUT2D eigenvalue weighted by Crippen LogP contribution is 2.20. The summed E-state index contributed by atoms with van der Waals surface area (Å²) < 4.78 is 20.2. The Morgan fingerprint density at radius 1 is 1.08 bits per heavy atom. The number of rotatable bonds is 3. The molecule has 0 aliphatic carbocycles. The van der Waals surface area contributed by atoms with Crippen LogP contribution >= 0.6 is 0 Å². The third-order valence-electron chi connectivity index (χ3n) is 3.45. The number of aromatic nitrogens is 3. The molecule has 6 nitrogen and oxygen atoms in total. The number of halogens is 1. The number of carbonyl (C=O) groups is 1. The quantitative estimate of drug-likeness (QED) is 0.587. The number of amides is 1. The van der Waals surface area contributed by atoms with Gasteiger partial charge < -0.3 is 14.1 Å². The maximum Gasteiger partial charge on any atom is 0.277 e. The van der Waals surface area contributed by atoms with Crippen LogP contribution < -0.4 is 5.32 Å². The molecule has 4 heterocycles. The summed E-state index contributed by atoms with van der Waals surface area (Å²) in [7, 11) is 0. The highest BCUT2D eigenvalue weighted by molar-refractivity contribution is 6.02. The Kier molecular flexibility index (Phi) is 3.31. The Hall–Kier alpha value is -3.48. The summed E-state index contributed by atoms with van der Waals surface area (Å²) in [4.78, 5) is 20.1. The summed E-state index contributed by atoms with van der Waals surface area (Å²) in [6.07, 6.45) is 5.01. The topological polar surface area (TPSA) is 72.4 Å². The van der Waals surface area contributed by atoms with Gasteiger partial charge in [-0.2, -0.15) is 4.39 Å². The largest absolute Gasteiger partial charge is 0.464 e. The van der Waals surface area contributed by atoms with Crippen molar-refractivity contribution >= 4 is 17.4 Å². The van der Waals surface area contributed by atoms with Crippen LogP contribution in [0.15, 0.2) is 65.5 Å². The van der Waals surface area contributed by atoms with E-state index in [1.165, 1.54) is 18.2 Å². The van der Waals surface area contributed by atoms with E-state index < -0.39 is 11.9 Å². The summed E-state index contributed by atoms with van der Waals surface area (Å²) in [5.74, 6) is -0.267. The second kappa shape index (κ2) is 5.62. The fraction of sp³-hybridized carbons (Fsp3) is 0. The van der Waals surface area contributed by atoms with E-state index in [9.17, 15) is 9.18 Å². The van der Waals surface area contributed by atoms with Crippen LogP contribution in [0, 0.1) is 5.95 Å². The van der Waals surface area contributed by atoms with E-state index in [1.54, 1.807) is 29.0 Å². The number of hydrogen-bond donors (Lipinski definition) is 1. The van der Waals surface area contributed by atoms with Gasteiger partial charge in [-0.15, -0.1) is 0 Å². The van der Waals surface area contributed by atoms with Gasteiger partial charge in [0.1, 0.15) is 22.9 Å². The lowest BCUT2D eigenvalue weighted by molar-refractivity contribution is 0.102. The van der Waals surface area contributed by atoms with Crippen molar-refractivity contribution in [2.24, 2.45) is 0 Å². The van der Waals surface area contributed by atoms with Crippen molar-refractivity contribution in [2.75, 3.05) is 5.32 Å². The van der Waals surface area contributed by atoms with E-state index in [0.29, 0.717) is 5.65 Å². The molecule has 0 radical (unpaired) electrons. The van der Waals surface area contributed by atoms with Crippen LogP contribution in [0.3, 0.4) is 0 Å². The van der Waals surface area contributed by atoms with Gasteiger partial charge in [0.2, 0.25) is 5.95 Å². The lowest BCUT2D eigenvalue weighted by Crippen LogP contribution is -2.13. The maximum atomic E-state index is 13.1. The normalized spacial score (nSPS) is 10.9. The molecule has 0 aromatic carbocycles. The van der Waals surface area contributed by atoms with Gasteiger partial charge in [-0.05, 0) is 36.4 Å². The second-order valence-corrected chi connectivity index (χ2v) is 5.09. The van der Waals surface area contributed by atoms with Crippen molar-refractivity contribution < 1.29 is 13.6 Å². The molecule has 0 fully saturated rings. The van der Waals surface area contributed by atoms with Gasteiger partial charge in [-0.3, -0.25) is 4.79 Å². The van der Waals surface area contributed by atoms with Gasteiger partial charge >= 0.3 is 0 Å². The van der Waals surface area contributed by atoms with E-state index in [2.05, 4.69) is 15.3 Å². The van der Waals surface area contributed by atoms with Crippen LogP contribution in [-0.2, 0) is 0 Å². The standard InChI is InChI=1S/C17H11FN4O2/c18-14-4-1-5-15(20-14)21-17(23)12-10-22-9-11(6-7-16(22)19-12)13-3-2-8-24-13/h1-10H,(H,20,21,23). The molecule has 24 heavy (non-hydrogen) atoms. The van der Waals surface area contributed by atoms with Gasteiger partial charge in [0.05, 0.1) is 6.26 Å². The van der Waals surface area contributed by atoms with Crippen LogP contribution in [-0.4, -0.2) is 20.3 Å². The summed E-state index contributed by atoms with van der Waals surface area (Å²) in [5, 5.41) is 2.52. The fourth-order valence-corrected chi connectivity index (χ4v) is 2.35. The predicted octanol–water partition coefficient (Wildman–Crippen LogP) is 3.38. The number of fused-ring (bicyclic) bond motifs is 1. The smallest absolute Gasteiger partial charge is 0.277 e. The number of imidazole rings is 1. The highest BCUT2D eigenvalue weighted by Gasteiger charge is 2.13. The lowest BCUT2D eigenvalue weighted by atomic mass is 10.2. The molecule has 7 heteroatoms. The van der Waals surface area contributed by atoms with Crippen molar-refractivity contribution in [3.8, 4) is 11.3 Å². The first kappa shape index (κ1) is 14.1. The SMILES string of the molecule is O=C(Nc1cccc(F)n1)c1cn2cc(-c3ccco3)ccc2n1. The summed E-state index contributed by atoms with van der Waals surface area (Å²) >= 11 is 0. The van der Waals surface area contributed by atoms with Crippen molar-refractivity contribution in [3.05, 3.63) is 72.8 Å². The molecule has 0 spiro atoms. The zero-order valence-electron chi connectivity index (χ0n) is 12.3. The number of nitrogens with one attached hydrogen (secondary N) is 1. The van der Waals surface area contributed by atoms with Gasteiger partial charge in [-0.1, -0.05) is 6.07 Å². The zero-order valence-corrected chi connectivity index (χ0v) is 12.3. The number of pyridine rings is 2. The average molecular weight is 322 g/mol. The highest BCUT2D eigenvalue weighted by atomic mass is 19.1. The average Bonchev–Trinajstić information content (AvgIpc) is 3.23. The zero-order chi connectivity index (χ0) is 16.5. The second-order valence-electron chi connectivity index (χ2n) is 5.09. The molecule has 1 amide bonds. The third-order valence-corrected chi connectivity index (χ3v) is 3.45. The van der Waals surface area contributed by atoms with Gasteiger partial charge in [0.25, 0.3) is 5.91 Å². The molecule has 0 saturated carbocycles. The molecule has 4 aromatic heterocycles. The van der Waals surface area contributed by atoms with Crippen molar-refractivity contribution in [1.29, 1.82) is 0 Å².